The van der Waals surface area contributed by atoms with Gasteiger partial charge in [0.2, 0.25) is 5.88 Å². The molecule has 4 aromatic rings. The molecule has 35 heavy (non-hydrogen) atoms. The Bertz CT molecular complexity index is 1560. The van der Waals surface area contributed by atoms with Crippen LogP contribution < -0.4 is 15.7 Å². The van der Waals surface area contributed by atoms with Gasteiger partial charge in [0, 0.05) is 10.8 Å². The van der Waals surface area contributed by atoms with Gasteiger partial charge in [-0.2, -0.15) is 10.4 Å². The fraction of sp³-hybridized carbons (Fsp3) is 0.111. The highest BCUT2D eigenvalue weighted by Gasteiger charge is 2.17. The van der Waals surface area contributed by atoms with Gasteiger partial charge in [0.25, 0.3) is 11.5 Å². The minimum Gasteiger partial charge on any atom is -0.494 e. The second-order valence-electron chi connectivity index (χ2n) is 7.88. The maximum atomic E-state index is 13.2. The minimum absolute atomic E-state index is 0.273. The predicted octanol–water partition coefficient (Wildman–Crippen LogP) is 3.71. The molecule has 0 fully saturated rings. The number of pyridine rings is 1. The third-order valence-electron chi connectivity index (χ3n) is 5.60. The molecular formula is C27H22N4O4. The van der Waals surface area contributed by atoms with Gasteiger partial charge in [-0.25, -0.2) is 9.99 Å². The maximum absolute atomic E-state index is 13.2. The quantitative estimate of drug-likeness (QED) is 0.332. The monoisotopic (exact) mass is 466 g/mol. The highest BCUT2D eigenvalue weighted by atomic mass is 16.5. The molecule has 0 bridgehead atoms. The van der Waals surface area contributed by atoms with Crippen LogP contribution in [0.3, 0.4) is 0 Å². The maximum Gasteiger partial charge on any atom is 0.277 e. The van der Waals surface area contributed by atoms with Crippen LogP contribution in [0.25, 0.3) is 16.5 Å². The lowest BCUT2D eigenvalue weighted by atomic mass is 10.1. The second kappa shape index (κ2) is 9.93. The van der Waals surface area contributed by atoms with E-state index >= 15 is 0 Å². The number of carbonyl (C=O) groups is 1. The minimum atomic E-state index is -0.555. The summed E-state index contributed by atoms with van der Waals surface area (Å²) >= 11 is 0. The van der Waals surface area contributed by atoms with E-state index in [9.17, 15) is 14.7 Å². The van der Waals surface area contributed by atoms with Crippen molar-refractivity contribution in [3.63, 3.8) is 0 Å². The summed E-state index contributed by atoms with van der Waals surface area (Å²) in [5, 5.41) is 25.0. The molecule has 0 saturated carbocycles. The molecule has 1 aromatic heterocycles. The molecule has 1 amide bonds. The van der Waals surface area contributed by atoms with E-state index in [4.69, 9.17) is 10.00 Å². The smallest absolute Gasteiger partial charge is 0.277 e. The summed E-state index contributed by atoms with van der Waals surface area (Å²) in [5.74, 6) is -0.562. The van der Waals surface area contributed by atoms with Gasteiger partial charge in [-0.3, -0.25) is 9.59 Å². The Kier molecular flexibility index (Phi) is 6.60. The fourth-order valence-corrected chi connectivity index (χ4v) is 3.62. The topological polar surface area (TPSA) is 117 Å². The van der Waals surface area contributed by atoms with Crippen LogP contribution in [-0.4, -0.2) is 28.4 Å². The second-order valence-corrected chi connectivity index (χ2v) is 7.88. The zero-order valence-electron chi connectivity index (χ0n) is 19.1. The number of nitrogens with zero attached hydrogens (tertiary/aromatic N) is 3. The molecule has 0 aliphatic rings. The number of nitriles is 1. The fourth-order valence-electron chi connectivity index (χ4n) is 3.62. The Morgan fingerprint density at radius 2 is 1.80 bits per heavy atom. The zero-order chi connectivity index (χ0) is 24.9. The molecule has 0 aliphatic heterocycles. The number of para-hydroxylation sites is 1. The van der Waals surface area contributed by atoms with Crippen molar-refractivity contribution in [2.45, 2.75) is 13.8 Å². The molecule has 174 valence electrons. The van der Waals surface area contributed by atoms with E-state index in [0.29, 0.717) is 27.8 Å². The van der Waals surface area contributed by atoms with Gasteiger partial charge in [0.15, 0.2) is 6.61 Å². The molecule has 0 atom stereocenters. The van der Waals surface area contributed by atoms with E-state index in [1.54, 1.807) is 54.6 Å². The first-order valence-corrected chi connectivity index (χ1v) is 10.8. The van der Waals surface area contributed by atoms with Crippen molar-refractivity contribution in [2.24, 2.45) is 5.10 Å². The van der Waals surface area contributed by atoms with Crippen molar-refractivity contribution in [1.82, 2.24) is 9.99 Å². The summed E-state index contributed by atoms with van der Waals surface area (Å²) < 4.78 is 6.62. The highest BCUT2D eigenvalue weighted by Crippen LogP contribution is 2.26. The summed E-state index contributed by atoms with van der Waals surface area (Å²) in [7, 11) is 0. The lowest BCUT2D eigenvalue weighted by Gasteiger charge is -2.14. The van der Waals surface area contributed by atoms with Crippen molar-refractivity contribution in [3.8, 4) is 23.4 Å². The van der Waals surface area contributed by atoms with Crippen LogP contribution >= 0.6 is 0 Å². The molecule has 0 radical (unpaired) electrons. The van der Waals surface area contributed by atoms with Crippen molar-refractivity contribution in [2.75, 3.05) is 6.61 Å². The van der Waals surface area contributed by atoms with E-state index in [0.717, 1.165) is 11.1 Å². The molecular weight excluding hydrogens is 444 g/mol. The first-order chi connectivity index (χ1) is 16.9. The van der Waals surface area contributed by atoms with Gasteiger partial charge in [-0.15, -0.1) is 0 Å². The van der Waals surface area contributed by atoms with Crippen LogP contribution in [0, 0.1) is 25.2 Å². The average Bonchev–Trinajstić information content (AvgIpc) is 2.87. The third-order valence-corrected chi connectivity index (χ3v) is 5.60. The molecule has 0 unspecified atom stereocenters. The highest BCUT2D eigenvalue weighted by molar-refractivity contribution is 6.02. The normalized spacial score (nSPS) is 10.9. The van der Waals surface area contributed by atoms with Crippen LogP contribution in [-0.2, 0) is 4.79 Å². The average molecular weight is 466 g/mol. The number of amides is 1. The standard InChI is InChI=1S/C27H22N4O4/c1-17-11-12-20(13-18(17)2)31-26(33)22-9-5-4-8-21(22)23(27(31)34)15-29-30-25(32)16-35-24-10-6-3-7-19(24)14-28/h3-13,15,34H,16H2,1-2H3,(H,30,32)/b29-15+. The van der Waals surface area contributed by atoms with Crippen molar-refractivity contribution < 1.29 is 14.6 Å². The summed E-state index contributed by atoms with van der Waals surface area (Å²) in [4.78, 5) is 25.4. The number of carbonyl (C=O) groups excluding carboxylic acids is 1. The molecule has 1 heterocycles. The van der Waals surface area contributed by atoms with Crippen molar-refractivity contribution >= 4 is 22.9 Å². The molecule has 2 N–H and O–H groups in total. The molecule has 0 saturated heterocycles. The summed E-state index contributed by atoms with van der Waals surface area (Å²) in [6.45, 7) is 3.54. The first-order valence-electron chi connectivity index (χ1n) is 10.8. The van der Waals surface area contributed by atoms with E-state index in [-0.39, 0.29) is 23.6 Å². The van der Waals surface area contributed by atoms with Crippen LogP contribution in [0.15, 0.2) is 76.6 Å². The summed E-state index contributed by atoms with van der Waals surface area (Å²) in [6.07, 6.45) is 1.29. The van der Waals surface area contributed by atoms with Crippen LogP contribution in [0.5, 0.6) is 11.6 Å². The van der Waals surface area contributed by atoms with E-state index in [2.05, 4.69) is 10.5 Å². The Hall–Kier alpha value is -4.90. The molecule has 0 aliphatic carbocycles. The van der Waals surface area contributed by atoms with Gasteiger partial charge in [-0.05, 0) is 55.3 Å². The van der Waals surface area contributed by atoms with Gasteiger partial charge < -0.3 is 9.84 Å². The SMILES string of the molecule is Cc1ccc(-n2c(O)c(/C=N/NC(=O)COc3ccccc3C#N)c3ccccc3c2=O)cc1C. The number of aromatic hydroxyl groups is 1. The molecule has 8 heteroatoms. The molecule has 0 spiro atoms. The molecule has 8 nitrogen and oxygen atoms in total. The summed E-state index contributed by atoms with van der Waals surface area (Å²) in [5.41, 5.74) is 5.12. The lowest BCUT2D eigenvalue weighted by molar-refractivity contribution is -0.123. The van der Waals surface area contributed by atoms with Crippen molar-refractivity contribution in [3.05, 3.63) is 99.3 Å². The largest absolute Gasteiger partial charge is 0.494 e. The first kappa shape index (κ1) is 23.3. The number of fused-ring (bicyclic) bond motifs is 1. The van der Waals surface area contributed by atoms with Crippen LogP contribution in [0.2, 0.25) is 0 Å². The number of hydrogen-bond acceptors (Lipinski definition) is 6. The van der Waals surface area contributed by atoms with Crippen LogP contribution in [0.4, 0.5) is 0 Å². The van der Waals surface area contributed by atoms with E-state index in [1.165, 1.54) is 10.8 Å². The van der Waals surface area contributed by atoms with E-state index in [1.807, 2.05) is 32.0 Å². The summed E-state index contributed by atoms with van der Waals surface area (Å²) in [6, 6.07) is 20.9. The number of benzene rings is 3. The number of aromatic nitrogens is 1. The lowest BCUT2D eigenvalue weighted by Crippen LogP contribution is -2.25. The van der Waals surface area contributed by atoms with Gasteiger partial charge in [-0.1, -0.05) is 36.4 Å². The Morgan fingerprint density at radius 1 is 1.09 bits per heavy atom. The third kappa shape index (κ3) is 4.75. The number of hydrazone groups is 1. The van der Waals surface area contributed by atoms with E-state index < -0.39 is 5.91 Å². The Labute approximate surface area is 201 Å². The Balaban J connectivity index is 1.63. The number of nitrogens with one attached hydrogen (secondary N) is 1. The Morgan fingerprint density at radius 3 is 2.54 bits per heavy atom. The van der Waals surface area contributed by atoms with Crippen LogP contribution in [0.1, 0.15) is 22.3 Å². The number of hydrogen-bond donors (Lipinski definition) is 2. The number of rotatable bonds is 6. The van der Waals surface area contributed by atoms with Gasteiger partial charge >= 0.3 is 0 Å². The zero-order valence-corrected chi connectivity index (χ0v) is 19.1. The van der Waals surface area contributed by atoms with Gasteiger partial charge in [0.1, 0.15) is 11.8 Å². The number of aryl methyl sites for hydroxylation is 2. The molecule has 3 aromatic carbocycles. The molecule has 4 rings (SSSR count). The predicted molar refractivity (Wildman–Crippen MR) is 133 cm³/mol. The number of ether oxygens (including phenoxy) is 1. The van der Waals surface area contributed by atoms with Crippen molar-refractivity contribution in [1.29, 1.82) is 5.26 Å². The van der Waals surface area contributed by atoms with Gasteiger partial charge in [0.05, 0.1) is 23.0 Å².